The Morgan fingerprint density at radius 3 is 2.61 bits per heavy atom. The quantitative estimate of drug-likeness (QED) is 0.823. The fourth-order valence-electron chi connectivity index (χ4n) is 2.77. The van der Waals surface area contributed by atoms with Crippen molar-refractivity contribution in [1.29, 1.82) is 0 Å². The molecule has 0 aliphatic heterocycles. The van der Waals surface area contributed by atoms with E-state index in [-0.39, 0.29) is 5.91 Å². The smallest absolute Gasteiger partial charge is 0.271 e. The zero-order chi connectivity index (χ0) is 16.4. The molecule has 0 bridgehead atoms. The van der Waals surface area contributed by atoms with E-state index in [0.717, 1.165) is 29.9 Å². The molecule has 0 spiro atoms. The summed E-state index contributed by atoms with van der Waals surface area (Å²) in [6.07, 6.45) is 4.01. The summed E-state index contributed by atoms with van der Waals surface area (Å²) < 4.78 is 12.6. The Morgan fingerprint density at radius 1 is 1.26 bits per heavy atom. The van der Waals surface area contributed by atoms with Gasteiger partial charge in [-0.25, -0.2) is 0 Å². The molecule has 0 radical (unpaired) electrons. The molecule has 1 saturated carbocycles. The number of methoxy groups -OCH3 is 2. The third-order valence-corrected chi connectivity index (χ3v) is 4.24. The van der Waals surface area contributed by atoms with Crippen molar-refractivity contribution >= 4 is 5.91 Å². The standard InChI is InChI=1S/C18H22N2O3/c1-19-10-4-5-16(19)18(21)20(14-6-7-14)12-13-11-15(22-2)8-9-17(13)23-3/h4-5,8-11,14H,6-7,12H2,1-3H3. The normalized spacial score (nSPS) is 13.7. The molecule has 1 aliphatic rings. The van der Waals surface area contributed by atoms with Crippen LogP contribution in [-0.2, 0) is 13.6 Å². The van der Waals surface area contributed by atoms with E-state index in [0.29, 0.717) is 18.3 Å². The second-order valence-corrected chi connectivity index (χ2v) is 5.85. The van der Waals surface area contributed by atoms with Crippen LogP contribution in [0.3, 0.4) is 0 Å². The first-order valence-electron chi connectivity index (χ1n) is 7.77. The predicted molar refractivity (Wildman–Crippen MR) is 87.9 cm³/mol. The van der Waals surface area contributed by atoms with E-state index in [4.69, 9.17) is 9.47 Å². The molecule has 1 aliphatic carbocycles. The number of aryl methyl sites for hydroxylation is 1. The minimum Gasteiger partial charge on any atom is -0.497 e. The van der Waals surface area contributed by atoms with Crippen molar-refractivity contribution in [2.24, 2.45) is 7.05 Å². The first-order valence-corrected chi connectivity index (χ1v) is 7.77. The van der Waals surface area contributed by atoms with E-state index >= 15 is 0 Å². The van der Waals surface area contributed by atoms with Gasteiger partial charge < -0.3 is 18.9 Å². The van der Waals surface area contributed by atoms with Crippen LogP contribution >= 0.6 is 0 Å². The fourth-order valence-corrected chi connectivity index (χ4v) is 2.77. The van der Waals surface area contributed by atoms with Gasteiger partial charge in [0.1, 0.15) is 17.2 Å². The summed E-state index contributed by atoms with van der Waals surface area (Å²) in [6, 6.07) is 9.75. The Balaban J connectivity index is 1.89. The number of carbonyl (C=O) groups is 1. The molecule has 1 amide bonds. The summed E-state index contributed by atoms with van der Waals surface area (Å²) in [5.41, 5.74) is 1.67. The number of aromatic nitrogens is 1. The van der Waals surface area contributed by atoms with Gasteiger partial charge >= 0.3 is 0 Å². The van der Waals surface area contributed by atoms with E-state index in [1.807, 2.05) is 53.0 Å². The largest absolute Gasteiger partial charge is 0.497 e. The molecule has 0 unspecified atom stereocenters. The van der Waals surface area contributed by atoms with Crippen LogP contribution in [0.2, 0.25) is 0 Å². The molecule has 1 fully saturated rings. The zero-order valence-corrected chi connectivity index (χ0v) is 13.8. The maximum Gasteiger partial charge on any atom is 0.271 e. The molecule has 0 N–H and O–H groups in total. The van der Waals surface area contributed by atoms with Crippen molar-refractivity contribution in [2.75, 3.05) is 14.2 Å². The number of rotatable bonds is 6. The average Bonchev–Trinajstić information content (AvgIpc) is 3.32. The van der Waals surface area contributed by atoms with Crippen LogP contribution < -0.4 is 9.47 Å². The predicted octanol–water partition coefficient (Wildman–Crippen LogP) is 2.85. The number of amides is 1. The van der Waals surface area contributed by atoms with E-state index in [9.17, 15) is 4.79 Å². The maximum absolute atomic E-state index is 12.9. The van der Waals surface area contributed by atoms with Crippen molar-refractivity contribution in [2.45, 2.75) is 25.4 Å². The lowest BCUT2D eigenvalue weighted by Gasteiger charge is -2.24. The molecule has 122 valence electrons. The highest BCUT2D eigenvalue weighted by atomic mass is 16.5. The minimum absolute atomic E-state index is 0.0601. The lowest BCUT2D eigenvalue weighted by molar-refractivity contribution is 0.0719. The van der Waals surface area contributed by atoms with E-state index in [2.05, 4.69) is 0 Å². The lowest BCUT2D eigenvalue weighted by atomic mass is 10.1. The molecule has 0 saturated heterocycles. The molecule has 1 aromatic heterocycles. The number of nitrogens with zero attached hydrogens (tertiary/aromatic N) is 2. The third-order valence-electron chi connectivity index (χ3n) is 4.24. The van der Waals surface area contributed by atoms with Crippen molar-refractivity contribution in [3.05, 3.63) is 47.8 Å². The Morgan fingerprint density at radius 2 is 2.04 bits per heavy atom. The van der Waals surface area contributed by atoms with Crippen LogP contribution in [-0.4, -0.2) is 35.6 Å². The molecule has 3 rings (SSSR count). The maximum atomic E-state index is 12.9. The summed E-state index contributed by atoms with van der Waals surface area (Å²) in [6.45, 7) is 0.523. The second kappa shape index (κ2) is 6.36. The minimum atomic E-state index is 0.0601. The van der Waals surface area contributed by atoms with Crippen molar-refractivity contribution in [3.63, 3.8) is 0 Å². The zero-order valence-electron chi connectivity index (χ0n) is 13.8. The van der Waals surface area contributed by atoms with Crippen LogP contribution in [0.5, 0.6) is 11.5 Å². The highest BCUT2D eigenvalue weighted by Crippen LogP contribution is 2.33. The van der Waals surface area contributed by atoms with Gasteiger partial charge in [0, 0.05) is 24.8 Å². The van der Waals surface area contributed by atoms with Gasteiger partial charge in [0.05, 0.1) is 20.8 Å². The van der Waals surface area contributed by atoms with Gasteiger partial charge in [0.15, 0.2) is 0 Å². The van der Waals surface area contributed by atoms with Gasteiger partial charge in [-0.3, -0.25) is 4.79 Å². The van der Waals surface area contributed by atoms with Gasteiger partial charge in [0.2, 0.25) is 0 Å². The van der Waals surface area contributed by atoms with Crippen molar-refractivity contribution in [3.8, 4) is 11.5 Å². The van der Waals surface area contributed by atoms with Crippen LogP contribution in [0.25, 0.3) is 0 Å². The molecule has 2 aromatic rings. The van der Waals surface area contributed by atoms with Crippen LogP contribution in [0.1, 0.15) is 28.9 Å². The van der Waals surface area contributed by atoms with Gasteiger partial charge in [-0.1, -0.05) is 0 Å². The highest BCUT2D eigenvalue weighted by Gasteiger charge is 2.34. The molecule has 0 atom stereocenters. The third kappa shape index (κ3) is 3.18. The summed E-state index contributed by atoms with van der Waals surface area (Å²) in [5.74, 6) is 1.60. The Bertz CT molecular complexity index is 704. The van der Waals surface area contributed by atoms with Crippen molar-refractivity contribution in [1.82, 2.24) is 9.47 Å². The van der Waals surface area contributed by atoms with Crippen LogP contribution in [0.15, 0.2) is 36.5 Å². The molecular formula is C18H22N2O3. The van der Waals surface area contributed by atoms with E-state index < -0.39 is 0 Å². The van der Waals surface area contributed by atoms with Gasteiger partial charge in [-0.15, -0.1) is 0 Å². The molecule has 23 heavy (non-hydrogen) atoms. The second-order valence-electron chi connectivity index (χ2n) is 5.85. The first-order chi connectivity index (χ1) is 11.1. The average molecular weight is 314 g/mol. The van der Waals surface area contributed by atoms with E-state index in [1.54, 1.807) is 14.2 Å². The molecular weight excluding hydrogens is 292 g/mol. The Labute approximate surface area is 136 Å². The summed E-state index contributed by atoms with van der Waals surface area (Å²) >= 11 is 0. The topological polar surface area (TPSA) is 43.7 Å². The Kier molecular flexibility index (Phi) is 4.28. The van der Waals surface area contributed by atoms with Crippen molar-refractivity contribution < 1.29 is 14.3 Å². The van der Waals surface area contributed by atoms with Gasteiger partial charge in [-0.2, -0.15) is 0 Å². The highest BCUT2D eigenvalue weighted by molar-refractivity contribution is 5.93. The molecule has 5 nitrogen and oxygen atoms in total. The van der Waals surface area contributed by atoms with Crippen LogP contribution in [0, 0.1) is 0 Å². The molecule has 1 aromatic carbocycles. The number of hydrogen-bond donors (Lipinski definition) is 0. The van der Waals surface area contributed by atoms with E-state index in [1.165, 1.54) is 0 Å². The molecule has 5 heteroatoms. The number of carbonyl (C=O) groups excluding carboxylic acids is 1. The number of hydrogen-bond acceptors (Lipinski definition) is 3. The fraction of sp³-hybridized carbons (Fsp3) is 0.389. The van der Waals surface area contributed by atoms with Crippen LogP contribution in [0.4, 0.5) is 0 Å². The number of ether oxygens (including phenoxy) is 2. The summed E-state index contributed by atoms with van der Waals surface area (Å²) in [4.78, 5) is 14.8. The SMILES string of the molecule is COc1ccc(OC)c(CN(C(=O)c2cccn2C)C2CC2)c1. The summed E-state index contributed by atoms with van der Waals surface area (Å²) in [5, 5.41) is 0. The first kappa shape index (κ1) is 15.5. The monoisotopic (exact) mass is 314 g/mol. The van der Waals surface area contributed by atoms with Gasteiger partial charge in [-0.05, 0) is 43.2 Å². The molecule has 1 heterocycles. The van der Waals surface area contributed by atoms with Gasteiger partial charge in [0.25, 0.3) is 5.91 Å². The number of benzene rings is 1. The summed E-state index contributed by atoms with van der Waals surface area (Å²) in [7, 11) is 5.18. The lowest BCUT2D eigenvalue weighted by Crippen LogP contribution is -2.33. The Hall–Kier alpha value is -2.43.